The summed E-state index contributed by atoms with van der Waals surface area (Å²) < 4.78 is 7.52. The van der Waals surface area contributed by atoms with Gasteiger partial charge in [0, 0.05) is 16.1 Å². The molecule has 0 N–H and O–H groups in total. The number of aryl methyl sites for hydroxylation is 2. The van der Waals surface area contributed by atoms with Crippen LogP contribution in [-0.4, -0.2) is 16.5 Å². The number of fused-ring (bicyclic) bond motifs is 3. The van der Waals surface area contributed by atoms with E-state index in [0.717, 1.165) is 40.5 Å². The Bertz CT molecular complexity index is 901. The maximum Gasteiger partial charge on any atom is 0.194 e. The lowest BCUT2D eigenvalue weighted by Crippen LogP contribution is -1.97. The van der Waals surface area contributed by atoms with E-state index in [9.17, 15) is 5.26 Å². The SMILES string of the molecule is COc1cccc(-c2nc3sc4c(n3c2CC#N)CCC4)c1. The van der Waals surface area contributed by atoms with Crippen LogP contribution in [0.3, 0.4) is 0 Å². The lowest BCUT2D eigenvalue weighted by atomic mass is 10.1. The number of hydrogen-bond donors (Lipinski definition) is 0. The summed E-state index contributed by atoms with van der Waals surface area (Å²) in [5.74, 6) is 0.807. The van der Waals surface area contributed by atoms with Gasteiger partial charge in [-0.05, 0) is 31.4 Å². The number of nitrogens with zero attached hydrogens (tertiary/aromatic N) is 3. The van der Waals surface area contributed by atoms with Crippen molar-refractivity contribution in [2.45, 2.75) is 25.7 Å². The fourth-order valence-electron chi connectivity index (χ4n) is 3.17. The number of ether oxygens (including phenoxy) is 1. The molecule has 5 heteroatoms. The van der Waals surface area contributed by atoms with Crippen molar-refractivity contribution in [1.29, 1.82) is 5.26 Å². The number of rotatable bonds is 3. The van der Waals surface area contributed by atoms with Crippen LogP contribution in [0.1, 0.15) is 22.7 Å². The van der Waals surface area contributed by atoms with Crippen LogP contribution in [0.15, 0.2) is 24.3 Å². The van der Waals surface area contributed by atoms with Gasteiger partial charge in [-0.1, -0.05) is 12.1 Å². The second kappa shape index (κ2) is 5.15. The summed E-state index contributed by atoms with van der Waals surface area (Å²) in [6.07, 6.45) is 3.80. The van der Waals surface area contributed by atoms with Gasteiger partial charge < -0.3 is 4.74 Å². The zero-order valence-corrected chi connectivity index (χ0v) is 13.1. The molecule has 4 rings (SSSR count). The van der Waals surface area contributed by atoms with Gasteiger partial charge in [-0.25, -0.2) is 4.98 Å². The number of hydrogen-bond acceptors (Lipinski definition) is 4. The molecule has 22 heavy (non-hydrogen) atoms. The molecule has 2 aromatic heterocycles. The maximum atomic E-state index is 9.24. The molecule has 0 atom stereocenters. The summed E-state index contributed by atoms with van der Waals surface area (Å²) in [4.78, 5) is 7.25. The normalized spacial score (nSPS) is 13.3. The number of aromatic nitrogens is 2. The van der Waals surface area contributed by atoms with Crippen LogP contribution in [0.5, 0.6) is 5.75 Å². The van der Waals surface area contributed by atoms with Crippen LogP contribution < -0.4 is 4.74 Å². The fourth-order valence-corrected chi connectivity index (χ4v) is 4.40. The smallest absolute Gasteiger partial charge is 0.194 e. The van der Waals surface area contributed by atoms with Crippen molar-refractivity contribution in [1.82, 2.24) is 9.38 Å². The molecule has 2 heterocycles. The number of nitriles is 1. The number of thiazole rings is 1. The monoisotopic (exact) mass is 309 g/mol. The van der Waals surface area contributed by atoms with Crippen LogP contribution in [-0.2, 0) is 19.3 Å². The summed E-state index contributed by atoms with van der Waals surface area (Å²) in [6.45, 7) is 0. The highest BCUT2D eigenvalue weighted by Gasteiger charge is 2.24. The first-order valence-electron chi connectivity index (χ1n) is 7.35. The molecule has 0 saturated heterocycles. The highest BCUT2D eigenvalue weighted by molar-refractivity contribution is 7.17. The molecule has 0 amide bonds. The standard InChI is InChI=1S/C17H15N3OS/c1-21-12-5-2-4-11(10-12)16-14(8-9-18)20-13-6-3-7-15(13)22-17(20)19-16/h2,4-5,10H,3,6-8H2,1H3. The molecule has 3 aromatic rings. The Morgan fingerprint density at radius 3 is 3.14 bits per heavy atom. The van der Waals surface area contributed by atoms with E-state index < -0.39 is 0 Å². The molecule has 0 unspecified atom stereocenters. The second-order valence-electron chi connectivity index (χ2n) is 5.42. The highest BCUT2D eigenvalue weighted by atomic mass is 32.1. The van der Waals surface area contributed by atoms with E-state index in [2.05, 4.69) is 10.5 Å². The highest BCUT2D eigenvalue weighted by Crippen LogP contribution is 2.36. The largest absolute Gasteiger partial charge is 0.497 e. The van der Waals surface area contributed by atoms with E-state index >= 15 is 0 Å². The Morgan fingerprint density at radius 1 is 1.41 bits per heavy atom. The van der Waals surface area contributed by atoms with Crippen LogP contribution >= 0.6 is 11.3 Å². The number of methoxy groups -OCH3 is 1. The summed E-state index contributed by atoms with van der Waals surface area (Å²) >= 11 is 1.76. The molecule has 1 aliphatic rings. The lowest BCUT2D eigenvalue weighted by Gasteiger charge is -2.05. The van der Waals surface area contributed by atoms with Crippen LogP contribution in [0.25, 0.3) is 16.2 Å². The van der Waals surface area contributed by atoms with Crippen molar-refractivity contribution in [2.75, 3.05) is 7.11 Å². The summed E-state index contributed by atoms with van der Waals surface area (Å²) in [6, 6.07) is 10.2. The van der Waals surface area contributed by atoms with E-state index in [1.807, 2.05) is 24.3 Å². The summed E-state index contributed by atoms with van der Waals surface area (Å²) in [5.41, 5.74) is 4.27. The molecule has 4 nitrogen and oxygen atoms in total. The first kappa shape index (κ1) is 13.4. The van der Waals surface area contributed by atoms with Gasteiger partial charge in [-0.15, -0.1) is 11.3 Å². The minimum Gasteiger partial charge on any atom is -0.497 e. The summed E-state index contributed by atoms with van der Waals surface area (Å²) in [7, 11) is 1.66. The average Bonchev–Trinajstić information content (AvgIpc) is 3.19. The predicted molar refractivity (Wildman–Crippen MR) is 86.4 cm³/mol. The Hall–Kier alpha value is -2.32. The first-order chi connectivity index (χ1) is 10.8. The quantitative estimate of drug-likeness (QED) is 0.742. The number of benzene rings is 1. The van der Waals surface area contributed by atoms with Crippen LogP contribution in [0, 0.1) is 11.3 Å². The van der Waals surface area contributed by atoms with Gasteiger partial charge in [0.15, 0.2) is 4.96 Å². The zero-order chi connectivity index (χ0) is 15.1. The first-order valence-corrected chi connectivity index (χ1v) is 8.16. The van der Waals surface area contributed by atoms with Gasteiger partial charge >= 0.3 is 0 Å². The molecule has 1 aliphatic carbocycles. The summed E-state index contributed by atoms with van der Waals surface area (Å²) in [5, 5.41) is 9.24. The molecular formula is C17H15N3OS. The molecule has 0 spiro atoms. The molecule has 0 saturated carbocycles. The van der Waals surface area contributed by atoms with E-state index in [4.69, 9.17) is 9.72 Å². The maximum absolute atomic E-state index is 9.24. The van der Waals surface area contributed by atoms with Crippen molar-refractivity contribution in [3.8, 4) is 23.1 Å². The third kappa shape index (κ3) is 1.92. The Morgan fingerprint density at radius 2 is 2.32 bits per heavy atom. The molecule has 110 valence electrons. The third-order valence-corrected chi connectivity index (χ3v) is 5.30. The Kier molecular flexibility index (Phi) is 3.12. The second-order valence-corrected chi connectivity index (χ2v) is 6.48. The van der Waals surface area contributed by atoms with Crippen molar-refractivity contribution in [3.63, 3.8) is 0 Å². The van der Waals surface area contributed by atoms with E-state index in [0.29, 0.717) is 6.42 Å². The molecule has 0 fully saturated rings. The average molecular weight is 309 g/mol. The van der Waals surface area contributed by atoms with Gasteiger partial charge in [0.2, 0.25) is 0 Å². The number of imidazole rings is 1. The van der Waals surface area contributed by atoms with Gasteiger partial charge in [0.05, 0.1) is 31.0 Å². The van der Waals surface area contributed by atoms with Gasteiger partial charge in [0.1, 0.15) is 5.75 Å². The van der Waals surface area contributed by atoms with Gasteiger partial charge in [0.25, 0.3) is 0 Å². The van der Waals surface area contributed by atoms with E-state index in [-0.39, 0.29) is 0 Å². The minimum absolute atomic E-state index is 0.372. The van der Waals surface area contributed by atoms with Crippen molar-refractivity contribution in [3.05, 3.63) is 40.5 Å². The van der Waals surface area contributed by atoms with Crippen LogP contribution in [0.4, 0.5) is 0 Å². The zero-order valence-electron chi connectivity index (χ0n) is 12.3. The Balaban J connectivity index is 1.95. The van der Waals surface area contributed by atoms with Crippen molar-refractivity contribution in [2.24, 2.45) is 0 Å². The van der Waals surface area contributed by atoms with Gasteiger partial charge in [-0.2, -0.15) is 5.26 Å². The predicted octanol–water partition coefficient (Wildman–Crippen LogP) is 3.63. The van der Waals surface area contributed by atoms with Crippen molar-refractivity contribution >= 4 is 16.3 Å². The van der Waals surface area contributed by atoms with E-state index in [1.54, 1.807) is 18.4 Å². The fraction of sp³-hybridized carbons (Fsp3) is 0.294. The molecule has 0 aliphatic heterocycles. The molecule has 0 bridgehead atoms. The van der Waals surface area contributed by atoms with Crippen molar-refractivity contribution < 1.29 is 4.74 Å². The topological polar surface area (TPSA) is 50.3 Å². The Labute approximate surface area is 132 Å². The molecule has 1 aromatic carbocycles. The lowest BCUT2D eigenvalue weighted by molar-refractivity contribution is 0.415. The molecular weight excluding hydrogens is 294 g/mol. The van der Waals surface area contributed by atoms with Crippen LogP contribution in [0.2, 0.25) is 0 Å². The minimum atomic E-state index is 0.372. The third-order valence-electron chi connectivity index (χ3n) is 4.16. The van der Waals surface area contributed by atoms with Gasteiger partial charge in [-0.3, -0.25) is 4.40 Å². The molecule has 0 radical (unpaired) electrons. The van der Waals surface area contributed by atoms with E-state index in [1.165, 1.54) is 17.0 Å².